The molecule has 0 unspecified atom stereocenters. The molecule has 0 amide bonds. The highest BCUT2D eigenvalue weighted by Gasteiger charge is 2.32. The van der Waals surface area contributed by atoms with Gasteiger partial charge < -0.3 is 9.30 Å². The molecule has 3 aliphatic heterocycles. The maximum Gasteiger partial charge on any atom is 0.259 e. The predicted molar refractivity (Wildman–Crippen MR) is 129 cm³/mol. The van der Waals surface area contributed by atoms with Crippen LogP contribution in [0.5, 0.6) is 5.75 Å². The third-order valence-electron chi connectivity index (χ3n) is 6.84. The van der Waals surface area contributed by atoms with E-state index in [1.165, 1.54) is 46.2 Å². The highest BCUT2D eigenvalue weighted by atomic mass is 35.5. The molecule has 2 bridgehead atoms. The summed E-state index contributed by atoms with van der Waals surface area (Å²) in [7, 11) is 2.09. The number of hydrogen-bond acceptors (Lipinski definition) is 5. The van der Waals surface area contributed by atoms with Crippen molar-refractivity contribution < 1.29 is 9.13 Å². The van der Waals surface area contributed by atoms with Gasteiger partial charge in [0.1, 0.15) is 29.6 Å². The molecule has 7 rings (SSSR count). The van der Waals surface area contributed by atoms with Crippen LogP contribution in [0.4, 0.5) is 4.39 Å². The van der Waals surface area contributed by atoms with Crippen LogP contribution >= 0.6 is 12.4 Å². The summed E-state index contributed by atoms with van der Waals surface area (Å²) in [4.78, 5) is 24.2. The lowest BCUT2D eigenvalue weighted by Crippen LogP contribution is -2.29. The zero-order valence-electron chi connectivity index (χ0n) is 18.8. The monoisotopic (exact) mass is 481 g/mol. The van der Waals surface area contributed by atoms with Crippen LogP contribution in [0.1, 0.15) is 35.7 Å². The van der Waals surface area contributed by atoms with Crippen LogP contribution < -0.4 is 10.3 Å². The summed E-state index contributed by atoms with van der Waals surface area (Å²) in [5.41, 5.74) is 4.06. The van der Waals surface area contributed by atoms with Crippen molar-refractivity contribution >= 4 is 23.4 Å². The lowest BCUT2D eigenvalue weighted by atomic mass is 9.94. The number of aryl methyl sites for hydroxylation is 1. The van der Waals surface area contributed by atoms with Gasteiger partial charge in [-0.2, -0.15) is 0 Å². The second kappa shape index (κ2) is 8.85. The highest BCUT2D eigenvalue weighted by molar-refractivity contribution is 5.85. The van der Waals surface area contributed by atoms with Crippen LogP contribution in [-0.2, 0) is 20.2 Å². The molecule has 0 saturated carbocycles. The number of rotatable bonds is 4. The van der Waals surface area contributed by atoms with Gasteiger partial charge in [0.2, 0.25) is 0 Å². The molecule has 176 valence electrons. The average Bonchev–Trinajstić information content (AvgIpc) is 2.97. The van der Waals surface area contributed by atoms with Crippen LogP contribution in [0.3, 0.4) is 0 Å². The molecule has 0 aromatic carbocycles. The first-order valence-corrected chi connectivity index (χ1v) is 11.2. The summed E-state index contributed by atoms with van der Waals surface area (Å²) in [6.45, 7) is 3.45. The second-order valence-corrected chi connectivity index (χ2v) is 8.84. The number of halogens is 2. The normalized spacial score (nSPS) is 18.9. The highest BCUT2D eigenvalue weighted by Crippen LogP contribution is 2.40. The van der Waals surface area contributed by atoms with Crippen LogP contribution in [0.25, 0.3) is 16.9 Å². The Hall–Kier alpha value is -3.23. The quantitative estimate of drug-likeness (QED) is 0.441. The van der Waals surface area contributed by atoms with Gasteiger partial charge in [-0.3, -0.25) is 19.2 Å². The van der Waals surface area contributed by atoms with E-state index in [9.17, 15) is 9.18 Å². The van der Waals surface area contributed by atoms with E-state index in [-0.39, 0.29) is 24.6 Å². The Morgan fingerprint density at radius 1 is 1.15 bits per heavy atom. The largest absolute Gasteiger partial charge is 0.487 e. The Labute approximate surface area is 202 Å². The van der Waals surface area contributed by atoms with E-state index >= 15 is 0 Å². The molecule has 3 aliphatic rings. The van der Waals surface area contributed by atoms with Crippen molar-refractivity contribution in [3.63, 3.8) is 0 Å². The summed E-state index contributed by atoms with van der Waals surface area (Å²) >= 11 is 0. The van der Waals surface area contributed by atoms with Gasteiger partial charge in [0, 0.05) is 42.9 Å². The Morgan fingerprint density at radius 3 is 2.71 bits per heavy atom. The summed E-state index contributed by atoms with van der Waals surface area (Å²) in [5.74, 6) is 1.20. The number of ether oxygens (including phenoxy) is 1. The molecule has 4 aromatic rings. The minimum atomic E-state index is -0.398. The fourth-order valence-electron chi connectivity index (χ4n) is 5.18. The zero-order valence-corrected chi connectivity index (χ0v) is 19.6. The van der Waals surface area contributed by atoms with Gasteiger partial charge in [-0.05, 0) is 61.8 Å². The molecule has 0 spiro atoms. The lowest BCUT2D eigenvalue weighted by molar-refractivity contribution is 0.220. The maximum atomic E-state index is 13.0. The molecule has 7 heterocycles. The van der Waals surface area contributed by atoms with Crippen LogP contribution in [0.15, 0.2) is 53.6 Å². The van der Waals surface area contributed by atoms with Crippen molar-refractivity contribution in [2.24, 2.45) is 7.05 Å². The van der Waals surface area contributed by atoms with Crippen molar-refractivity contribution in [1.29, 1.82) is 0 Å². The van der Waals surface area contributed by atoms with Crippen LogP contribution in [0, 0.1) is 5.82 Å². The zero-order chi connectivity index (χ0) is 22.5. The second-order valence-electron chi connectivity index (χ2n) is 8.84. The minimum Gasteiger partial charge on any atom is -0.487 e. The fraction of sp³-hybridized carbons (Fsp3) is 0.320. The number of fused-ring (bicyclic) bond motifs is 3. The number of pyridine rings is 3. The standard InChI is InChI=1S/C25H24FN5O2.ClH/c1-29-24-16-6-9-30(10-7-16)14-21(24)20-4-5-22(28-25(20)29)31-11-8-19(12-23(31)32)33-15-18-3-2-17(26)13-27-18;/h2-5,8,11-13,16H,6-7,9-10,14-15H2,1H3;1H. The smallest absolute Gasteiger partial charge is 0.259 e. The van der Waals surface area contributed by atoms with Gasteiger partial charge >= 0.3 is 0 Å². The third kappa shape index (κ3) is 3.86. The van der Waals surface area contributed by atoms with Crippen molar-refractivity contribution in [2.75, 3.05) is 13.1 Å². The first-order chi connectivity index (χ1) is 16.1. The van der Waals surface area contributed by atoms with Gasteiger partial charge in [-0.25, -0.2) is 9.37 Å². The van der Waals surface area contributed by atoms with Gasteiger partial charge in [0.05, 0.1) is 11.9 Å². The van der Waals surface area contributed by atoms with E-state index in [1.807, 2.05) is 6.07 Å². The van der Waals surface area contributed by atoms with Crippen molar-refractivity contribution in [1.82, 2.24) is 24.0 Å². The minimum absolute atomic E-state index is 0. The summed E-state index contributed by atoms with van der Waals surface area (Å²) in [5, 5.41) is 1.18. The fourth-order valence-corrected chi connectivity index (χ4v) is 5.18. The van der Waals surface area contributed by atoms with Gasteiger partial charge in [-0.1, -0.05) is 0 Å². The maximum absolute atomic E-state index is 13.0. The molecule has 0 aliphatic carbocycles. The van der Waals surface area contributed by atoms with Crippen LogP contribution in [-0.4, -0.2) is 37.1 Å². The van der Waals surface area contributed by atoms with Crippen molar-refractivity contribution in [2.45, 2.75) is 31.9 Å². The molecule has 34 heavy (non-hydrogen) atoms. The third-order valence-corrected chi connectivity index (χ3v) is 6.84. The van der Waals surface area contributed by atoms with Crippen molar-refractivity contribution in [3.05, 3.63) is 81.9 Å². The predicted octanol–water partition coefficient (Wildman–Crippen LogP) is 3.95. The van der Waals surface area contributed by atoms with Crippen molar-refractivity contribution in [3.8, 4) is 11.6 Å². The molecular weight excluding hydrogens is 457 g/mol. The van der Waals surface area contributed by atoms with E-state index in [1.54, 1.807) is 18.3 Å². The van der Waals surface area contributed by atoms with E-state index in [4.69, 9.17) is 9.72 Å². The first-order valence-electron chi connectivity index (χ1n) is 11.2. The summed E-state index contributed by atoms with van der Waals surface area (Å²) in [6, 6.07) is 10.1. The Kier molecular flexibility index (Phi) is 5.87. The van der Waals surface area contributed by atoms with E-state index in [2.05, 4.69) is 27.6 Å². The molecule has 0 N–H and O–H groups in total. The molecule has 4 aromatic heterocycles. The lowest BCUT2D eigenvalue weighted by Gasteiger charge is -2.27. The number of piperidine rings is 1. The van der Waals surface area contributed by atoms with Crippen LogP contribution in [0.2, 0.25) is 0 Å². The van der Waals surface area contributed by atoms with Gasteiger partial charge in [-0.15, -0.1) is 12.4 Å². The molecule has 0 radical (unpaired) electrons. The Bertz CT molecular complexity index is 1410. The SMILES string of the molecule is Cl.Cn1c2c(c3ccc(-n4ccc(OCc5ccc(F)cn5)cc4=O)nc31)CN1CCC2CC1. The Morgan fingerprint density at radius 2 is 1.97 bits per heavy atom. The van der Waals surface area contributed by atoms with E-state index in [0.717, 1.165) is 31.5 Å². The number of nitrogens with zero attached hydrogens (tertiary/aromatic N) is 5. The van der Waals surface area contributed by atoms with Gasteiger partial charge in [0.25, 0.3) is 5.56 Å². The molecule has 1 fully saturated rings. The topological polar surface area (TPSA) is 65.2 Å². The summed E-state index contributed by atoms with van der Waals surface area (Å²) < 4.78 is 22.4. The van der Waals surface area contributed by atoms with E-state index < -0.39 is 5.82 Å². The summed E-state index contributed by atoms with van der Waals surface area (Å²) in [6.07, 6.45) is 5.20. The Balaban J connectivity index is 0.00000241. The molecule has 9 heteroatoms. The molecule has 1 saturated heterocycles. The number of hydrogen-bond donors (Lipinski definition) is 0. The average molecular weight is 482 g/mol. The molecule has 0 atom stereocenters. The molecular formula is C25H25ClFN5O2. The van der Waals surface area contributed by atoms with Gasteiger partial charge in [0.15, 0.2) is 0 Å². The first kappa shape index (κ1) is 22.6. The van der Waals surface area contributed by atoms with E-state index in [0.29, 0.717) is 23.2 Å². The number of aromatic nitrogens is 4. The molecule has 7 nitrogen and oxygen atoms in total.